The lowest BCUT2D eigenvalue weighted by Crippen LogP contribution is -2.45. The first kappa shape index (κ1) is 18.4. The lowest BCUT2D eigenvalue weighted by Gasteiger charge is -2.30. The topological polar surface area (TPSA) is 53.2 Å². The summed E-state index contributed by atoms with van der Waals surface area (Å²) < 4.78 is 0. The van der Waals surface area contributed by atoms with E-state index < -0.39 is 0 Å². The number of nitrogens with one attached hydrogen (secondary N) is 3. The van der Waals surface area contributed by atoms with Crippen LogP contribution >= 0.6 is 23.8 Å². The van der Waals surface area contributed by atoms with E-state index in [4.69, 9.17) is 23.8 Å². The summed E-state index contributed by atoms with van der Waals surface area (Å²) in [6, 6.07) is 15.0. The molecule has 0 saturated carbocycles. The third-order valence-electron chi connectivity index (χ3n) is 4.36. The van der Waals surface area contributed by atoms with E-state index in [0.29, 0.717) is 21.4 Å². The van der Waals surface area contributed by atoms with Crippen molar-refractivity contribution >= 4 is 40.5 Å². The van der Waals surface area contributed by atoms with Crippen LogP contribution in [0.4, 0.5) is 5.69 Å². The van der Waals surface area contributed by atoms with Crippen molar-refractivity contribution in [1.82, 2.24) is 10.6 Å². The first-order valence-electron chi connectivity index (χ1n) is 8.42. The van der Waals surface area contributed by atoms with Crippen LogP contribution in [-0.2, 0) is 11.2 Å². The Morgan fingerprint density at radius 3 is 2.54 bits per heavy atom. The lowest BCUT2D eigenvalue weighted by atomic mass is 9.94. The Bertz CT molecular complexity index is 877. The summed E-state index contributed by atoms with van der Waals surface area (Å²) in [4.78, 5) is 13.0. The summed E-state index contributed by atoms with van der Waals surface area (Å²) in [5, 5.41) is 10.1. The van der Waals surface area contributed by atoms with Gasteiger partial charge in [-0.15, -0.1) is 0 Å². The zero-order valence-corrected chi connectivity index (χ0v) is 16.2. The molecule has 0 bridgehead atoms. The maximum absolute atomic E-state index is 13.0. The molecule has 0 saturated heterocycles. The van der Waals surface area contributed by atoms with E-state index in [-0.39, 0.29) is 11.9 Å². The maximum atomic E-state index is 13.0. The van der Waals surface area contributed by atoms with Crippen LogP contribution in [0.15, 0.2) is 59.8 Å². The van der Waals surface area contributed by atoms with E-state index in [1.807, 2.05) is 31.2 Å². The van der Waals surface area contributed by atoms with Gasteiger partial charge in [0.2, 0.25) is 0 Å². The molecule has 4 nitrogen and oxygen atoms in total. The molecule has 2 aromatic rings. The molecule has 1 atom stereocenters. The molecule has 0 radical (unpaired) electrons. The van der Waals surface area contributed by atoms with Gasteiger partial charge in [0.15, 0.2) is 5.11 Å². The van der Waals surface area contributed by atoms with E-state index in [0.717, 1.165) is 17.7 Å². The van der Waals surface area contributed by atoms with Gasteiger partial charge < -0.3 is 16.0 Å². The molecule has 1 aliphatic rings. The Balaban J connectivity index is 1.94. The third-order valence-corrected chi connectivity index (χ3v) is 4.91. The fraction of sp³-hybridized carbons (Fsp3) is 0.200. The Morgan fingerprint density at radius 2 is 1.88 bits per heavy atom. The average molecular weight is 386 g/mol. The van der Waals surface area contributed by atoms with E-state index in [1.165, 1.54) is 5.56 Å². The van der Waals surface area contributed by atoms with Crippen molar-refractivity contribution in [3.8, 4) is 0 Å². The van der Waals surface area contributed by atoms with Gasteiger partial charge in [-0.25, -0.2) is 0 Å². The maximum Gasteiger partial charge on any atom is 0.255 e. The number of hydrogen-bond donors (Lipinski definition) is 3. The fourth-order valence-electron chi connectivity index (χ4n) is 2.94. The first-order chi connectivity index (χ1) is 12.5. The third kappa shape index (κ3) is 3.89. The minimum Gasteiger partial charge on any atom is -0.351 e. The van der Waals surface area contributed by atoms with Gasteiger partial charge in [0.05, 0.1) is 22.3 Å². The van der Waals surface area contributed by atoms with E-state index in [1.54, 1.807) is 12.1 Å². The normalized spacial score (nSPS) is 16.7. The number of benzene rings is 2. The molecule has 2 aromatic carbocycles. The van der Waals surface area contributed by atoms with Crippen molar-refractivity contribution in [2.75, 3.05) is 5.32 Å². The van der Waals surface area contributed by atoms with Crippen LogP contribution < -0.4 is 16.0 Å². The smallest absolute Gasteiger partial charge is 0.255 e. The second-order valence-corrected chi connectivity index (χ2v) is 6.91. The summed E-state index contributed by atoms with van der Waals surface area (Å²) in [6.07, 6.45) is 0.965. The van der Waals surface area contributed by atoms with E-state index in [9.17, 15) is 4.79 Å². The number of aryl methyl sites for hydroxylation is 1. The number of carbonyl (C=O) groups is 1. The van der Waals surface area contributed by atoms with Gasteiger partial charge in [-0.1, -0.05) is 54.9 Å². The molecule has 0 aliphatic carbocycles. The van der Waals surface area contributed by atoms with Crippen LogP contribution in [-0.4, -0.2) is 11.0 Å². The summed E-state index contributed by atoms with van der Waals surface area (Å²) in [7, 11) is 0. The number of hydrogen-bond acceptors (Lipinski definition) is 2. The molecule has 6 heteroatoms. The number of rotatable bonds is 4. The Kier molecular flexibility index (Phi) is 5.59. The lowest BCUT2D eigenvalue weighted by molar-refractivity contribution is -0.113. The first-order valence-corrected chi connectivity index (χ1v) is 9.21. The number of amides is 1. The monoisotopic (exact) mass is 385 g/mol. The van der Waals surface area contributed by atoms with Gasteiger partial charge >= 0.3 is 0 Å². The number of para-hydroxylation sites is 1. The molecule has 0 fully saturated rings. The van der Waals surface area contributed by atoms with Crippen molar-refractivity contribution < 1.29 is 4.79 Å². The Labute approximate surface area is 163 Å². The predicted octanol–water partition coefficient (Wildman–Crippen LogP) is 4.33. The number of halogens is 1. The number of anilines is 1. The van der Waals surface area contributed by atoms with Crippen molar-refractivity contribution in [3.05, 3.63) is 76.0 Å². The van der Waals surface area contributed by atoms with Crippen LogP contribution in [0.25, 0.3) is 0 Å². The highest BCUT2D eigenvalue weighted by Crippen LogP contribution is 2.29. The molecule has 134 valence electrons. The Hall–Kier alpha value is -2.37. The molecule has 0 spiro atoms. The molecule has 1 heterocycles. The van der Waals surface area contributed by atoms with Gasteiger partial charge in [-0.2, -0.15) is 0 Å². The molecular weight excluding hydrogens is 366 g/mol. The van der Waals surface area contributed by atoms with E-state index >= 15 is 0 Å². The summed E-state index contributed by atoms with van der Waals surface area (Å²) in [5.74, 6) is -0.220. The zero-order valence-electron chi connectivity index (χ0n) is 14.6. The number of thiocarbonyl (C=S) groups is 1. The molecular formula is C20H20ClN3OS. The summed E-state index contributed by atoms with van der Waals surface area (Å²) in [6.45, 7) is 3.96. The SMILES string of the molecule is CCc1ccc([C@@H]2NC(=S)NC(C)=C2C(=O)Nc2ccccc2Cl)cc1. The quantitative estimate of drug-likeness (QED) is 0.685. The highest BCUT2D eigenvalue weighted by atomic mass is 35.5. The standard InChI is InChI=1S/C20H20ClN3OS/c1-3-13-8-10-14(11-9-13)18-17(12(2)22-20(26)24-18)19(25)23-16-7-5-4-6-15(16)21/h4-11,18H,3H2,1-2H3,(H,23,25)(H2,22,24,26)/t18-/m0/s1. The van der Waals surface area contributed by atoms with E-state index in [2.05, 4.69) is 35.0 Å². The zero-order chi connectivity index (χ0) is 18.7. The average Bonchev–Trinajstić information content (AvgIpc) is 2.63. The molecule has 1 aliphatic heterocycles. The Morgan fingerprint density at radius 1 is 1.19 bits per heavy atom. The van der Waals surface area contributed by atoms with Crippen LogP contribution in [0.3, 0.4) is 0 Å². The molecule has 1 amide bonds. The van der Waals surface area contributed by atoms with Crippen molar-refractivity contribution in [1.29, 1.82) is 0 Å². The van der Waals surface area contributed by atoms with Gasteiger partial charge in [0.1, 0.15) is 0 Å². The summed E-state index contributed by atoms with van der Waals surface area (Å²) in [5.41, 5.74) is 4.11. The van der Waals surface area contributed by atoms with Gasteiger partial charge in [-0.05, 0) is 48.8 Å². The highest BCUT2D eigenvalue weighted by molar-refractivity contribution is 7.80. The van der Waals surface area contributed by atoms with Gasteiger partial charge in [0, 0.05) is 5.70 Å². The van der Waals surface area contributed by atoms with Crippen molar-refractivity contribution in [2.24, 2.45) is 0 Å². The van der Waals surface area contributed by atoms with Crippen LogP contribution in [0.2, 0.25) is 5.02 Å². The second kappa shape index (κ2) is 7.89. The molecule has 26 heavy (non-hydrogen) atoms. The van der Waals surface area contributed by atoms with Crippen molar-refractivity contribution in [3.63, 3.8) is 0 Å². The van der Waals surface area contributed by atoms with Crippen molar-refractivity contribution in [2.45, 2.75) is 26.3 Å². The van der Waals surface area contributed by atoms with Crippen LogP contribution in [0.1, 0.15) is 31.0 Å². The fourth-order valence-corrected chi connectivity index (χ4v) is 3.40. The second-order valence-electron chi connectivity index (χ2n) is 6.10. The molecule has 0 aromatic heterocycles. The number of allylic oxidation sites excluding steroid dienone is 1. The molecule has 3 rings (SSSR count). The summed E-state index contributed by atoms with van der Waals surface area (Å²) >= 11 is 11.5. The minimum atomic E-state index is -0.322. The van der Waals surface area contributed by atoms with Gasteiger partial charge in [-0.3, -0.25) is 4.79 Å². The number of carbonyl (C=O) groups excluding carboxylic acids is 1. The molecule has 0 unspecified atom stereocenters. The minimum absolute atomic E-state index is 0.220. The van der Waals surface area contributed by atoms with Crippen LogP contribution in [0.5, 0.6) is 0 Å². The largest absolute Gasteiger partial charge is 0.351 e. The molecule has 3 N–H and O–H groups in total. The highest BCUT2D eigenvalue weighted by Gasteiger charge is 2.30. The van der Waals surface area contributed by atoms with Gasteiger partial charge in [0.25, 0.3) is 5.91 Å². The van der Waals surface area contributed by atoms with Crippen LogP contribution in [0, 0.1) is 0 Å². The predicted molar refractivity (Wildman–Crippen MR) is 110 cm³/mol.